The fourth-order valence-corrected chi connectivity index (χ4v) is 1.70. The third-order valence-electron chi connectivity index (χ3n) is 2.66. The van der Waals surface area contributed by atoms with E-state index in [2.05, 4.69) is 10.4 Å². The number of ether oxygens (including phenoxy) is 1. The second kappa shape index (κ2) is 6.90. The average molecular weight is 300 g/mol. The molecule has 8 nitrogen and oxygen atoms in total. The first kappa shape index (κ1) is 15.1. The molecule has 1 heterocycles. The zero-order valence-electron chi connectivity index (χ0n) is 11.4. The number of amides is 1. The molecule has 0 fully saturated rings. The first-order valence-electron chi connectivity index (χ1n) is 6.26. The molecule has 1 aromatic carbocycles. The van der Waals surface area contributed by atoms with Crippen molar-refractivity contribution in [3.8, 4) is 17.6 Å². The van der Waals surface area contributed by atoms with Gasteiger partial charge in [0.15, 0.2) is 6.61 Å². The summed E-state index contributed by atoms with van der Waals surface area (Å²) in [6.07, 6.45) is 1.15. The van der Waals surface area contributed by atoms with Gasteiger partial charge in [-0.25, -0.2) is 9.48 Å². The van der Waals surface area contributed by atoms with Gasteiger partial charge in [0.25, 0.3) is 5.91 Å². The Kier molecular flexibility index (Phi) is 4.72. The van der Waals surface area contributed by atoms with E-state index in [4.69, 9.17) is 15.1 Å². The van der Waals surface area contributed by atoms with Crippen LogP contribution in [0, 0.1) is 11.3 Å². The van der Waals surface area contributed by atoms with Crippen LogP contribution in [-0.4, -0.2) is 39.9 Å². The van der Waals surface area contributed by atoms with Gasteiger partial charge in [0, 0.05) is 0 Å². The predicted octanol–water partition coefficient (Wildman–Crippen LogP) is 0.589. The zero-order valence-corrected chi connectivity index (χ0v) is 11.4. The fourth-order valence-electron chi connectivity index (χ4n) is 1.70. The maximum Gasteiger partial charge on any atom is 0.342 e. The normalized spacial score (nSPS) is 9.77. The molecule has 1 amide bonds. The summed E-state index contributed by atoms with van der Waals surface area (Å²) in [5, 5.41) is 23.8. The van der Waals surface area contributed by atoms with Crippen molar-refractivity contribution in [1.29, 1.82) is 5.26 Å². The molecule has 0 aliphatic carbocycles. The molecule has 2 rings (SSSR count). The van der Waals surface area contributed by atoms with E-state index in [1.165, 1.54) is 4.68 Å². The van der Waals surface area contributed by atoms with Crippen LogP contribution in [0.4, 0.5) is 0 Å². The number of aromatic nitrogens is 2. The minimum atomic E-state index is -1.21. The minimum Gasteiger partial charge on any atom is -0.477 e. The number of hydrogen-bond acceptors (Lipinski definition) is 5. The Morgan fingerprint density at radius 1 is 1.36 bits per heavy atom. The molecule has 0 saturated heterocycles. The van der Waals surface area contributed by atoms with Gasteiger partial charge in [-0.15, -0.1) is 0 Å². The number of benzene rings is 1. The zero-order chi connectivity index (χ0) is 15.9. The van der Waals surface area contributed by atoms with Crippen molar-refractivity contribution < 1.29 is 19.4 Å². The molecule has 2 aromatic rings. The Morgan fingerprint density at radius 3 is 2.73 bits per heavy atom. The van der Waals surface area contributed by atoms with Crippen LogP contribution >= 0.6 is 0 Å². The van der Waals surface area contributed by atoms with Crippen molar-refractivity contribution in [3.63, 3.8) is 0 Å². The molecular formula is C14H12N4O4. The van der Waals surface area contributed by atoms with Crippen molar-refractivity contribution >= 4 is 11.9 Å². The lowest BCUT2D eigenvalue weighted by Crippen LogP contribution is -2.29. The van der Waals surface area contributed by atoms with Crippen LogP contribution in [0.1, 0.15) is 10.4 Å². The number of nitriles is 1. The summed E-state index contributed by atoms with van der Waals surface area (Å²) in [6.45, 7) is -0.563. The Balaban J connectivity index is 2.24. The largest absolute Gasteiger partial charge is 0.477 e. The second-order valence-corrected chi connectivity index (χ2v) is 4.14. The van der Waals surface area contributed by atoms with E-state index < -0.39 is 18.5 Å². The number of carbonyl (C=O) groups excluding carboxylic acids is 1. The molecule has 0 radical (unpaired) electrons. The Bertz CT molecular complexity index is 718. The SMILES string of the molecule is N#CCNC(=O)COc1c(C(=O)O)cnn1-c1ccccc1. The number of nitrogens with zero attached hydrogens (tertiary/aromatic N) is 3. The lowest BCUT2D eigenvalue weighted by atomic mass is 10.3. The fraction of sp³-hybridized carbons (Fsp3) is 0.143. The Hall–Kier alpha value is -3.34. The summed E-state index contributed by atoms with van der Waals surface area (Å²) < 4.78 is 6.57. The van der Waals surface area contributed by atoms with Crippen molar-refractivity contribution in [2.75, 3.05) is 13.2 Å². The highest BCUT2D eigenvalue weighted by Crippen LogP contribution is 2.22. The summed E-state index contributed by atoms with van der Waals surface area (Å²) in [5.41, 5.74) is 0.444. The first-order chi connectivity index (χ1) is 10.6. The molecule has 0 spiro atoms. The maximum absolute atomic E-state index is 11.5. The molecule has 1 aromatic heterocycles. The number of para-hydroxylation sites is 1. The van der Waals surface area contributed by atoms with Crippen LogP contribution in [0.3, 0.4) is 0 Å². The number of nitrogens with one attached hydrogen (secondary N) is 1. The summed E-state index contributed by atoms with van der Waals surface area (Å²) >= 11 is 0. The molecule has 0 atom stereocenters. The molecular weight excluding hydrogens is 288 g/mol. The van der Waals surface area contributed by atoms with Crippen molar-refractivity contribution in [3.05, 3.63) is 42.1 Å². The molecule has 8 heteroatoms. The molecule has 0 aliphatic heterocycles. The maximum atomic E-state index is 11.5. The number of aromatic carboxylic acids is 1. The van der Waals surface area contributed by atoms with Gasteiger partial charge in [0.2, 0.25) is 5.88 Å². The smallest absolute Gasteiger partial charge is 0.342 e. The van der Waals surface area contributed by atoms with Crippen LogP contribution < -0.4 is 10.1 Å². The van der Waals surface area contributed by atoms with Crippen molar-refractivity contribution in [2.24, 2.45) is 0 Å². The topological polar surface area (TPSA) is 117 Å². The quantitative estimate of drug-likeness (QED) is 0.754. The van der Waals surface area contributed by atoms with Gasteiger partial charge in [-0.1, -0.05) is 18.2 Å². The van der Waals surface area contributed by atoms with Gasteiger partial charge < -0.3 is 15.2 Å². The molecule has 0 bridgehead atoms. The highest BCUT2D eigenvalue weighted by atomic mass is 16.5. The van der Waals surface area contributed by atoms with E-state index in [9.17, 15) is 9.59 Å². The van der Waals surface area contributed by atoms with E-state index in [1.807, 2.05) is 0 Å². The molecule has 112 valence electrons. The van der Waals surface area contributed by atoms with Gasteiger partial charge in [-0.2, -0.15) is 10.4 Å². The Morgan fingerprint density at radius 2 is 2.09 bits per heavy atom. The number of rotatable bonds is 6. The summed E-state index contributed by atoms with van der Waals surface area (Å²) in [5.74, 6) is -1.79. The number of carbonyl (C=O) groups is 2. The van der Waals surface area contributed by atoms with E-state index in [-0.39, 0.29) is 18.0 Å². The number of carboxylic acids is 1. The third kappa shape index (κ3) is 3.40. The van der Waals surface area contributed by atoms with E-state index >= 15 is 0 Å². The summed E-state index contributed by atoms with van der Waals surface area (Å²) in [7, 11) is 0. The van der Waals surface area contributed by atoms with E-state index in [1.54, 1.807) is 36.4 Å². The third-order valence-corrected chi connectivity index (χ3v) is 2.66. The minimum absolute atomic E-state index is 0.0502. The lowest BCUT2D eigenvalue weighted by molar-refractivity contribution is -0.122. The highest BCUT2D eigenvalue weighted by Gasteiger charge is 2.20. The Labute approximate surface area is 125 Å². The van der Waals surface area contributed by atoms with E-state index in [0.717, 1.165) is 6.20 Å². The van der Waals surface area contributed by atoms with Crippen LogP contribution in [0.5, 0.6) is 5.88 Å². The van der Waals surface area contributed by atoms with Crippen molar-refractivity contribution in [2.45, 2.75) is 0 Å². The number of hydrogen-bond donors (Lipinski definition) is 2. The van der Waals surface area contributed by atoms with Crippen LogP contribution in [0.15, 0.2) is 36.5 Å². The van der Waals surface area contributed by atoms with Gasteiger partial charge in [-0.05, 0) is 12.1 Å². The van der Waals surface area contributed by atoms with Gasteiger partial charge in [0.05, 0.1) is 18.0 Å². The molecule has 0 aliphatic rings. The van der Waals surface area contributed by atoms with Gasteiger partial charge >= 0.3 is 5.97 Å². The van der Waals surface area contributed by atoms with E-state index in [0.29, 0.717) is 5.69 Å². The summed E-state index contributed by atoms with van der Waals surface area (Å²) in [4.78, 5) is 22.7. The monoisotopic (exact) mass is 300 g/mol. The lowest BCUT2D eigenvalue weighted by Gasteiger charge is -2.10. The van der Waals surface area contributed by atoms with Crippen LogP contribution in [0.2, 0.25) is 0 Å². The molecule has 0 saturated carbocycles. The van der Waals surface area contributed by atoms with Gasteiger partial charge in [-0.3, -0.25) is 4.79 Å². The van der Waals surface area contributed by atoms with Gasteiger partial charge in [0.1, 0.15) is 12.1 Å². The molecule has 2 N–H and O–H groups in total. The number of carboxylic acid groups (broad SMARTS) is 1. The first-order valence-corrected chi connectivity index (χ1v) is 6.26. The van der Waals surface area contributed by atoms with Crippen molar-refractivity contribution in [1.82, 2.24) is 15.1 Å². The molecule has 22 heavy (non-hydrogen) atoms. The second-order valence-electron chi connectivity index (χ2n) is 4.14. The van der Waals surface area contributed by atoms with Crippen LogP contribution in [0.25, 0.3) is 5.69 Å². The standard InChI is InChI=1S/C14H12N4O4/c15-6-7-16-12(19)9-22-13-11(14(20)21)8-17-18(13)10-4-2-1-3-5-10/h1-5,8H,7,9H2,(H,16,19)(H,20,21). The highest BCUT2D eigenvalue weighted by molar-refractivity contribution is 5.90. The van der Waals surface area contributed by atoms with Crippen LogP contribution in [-0.2, 0) is 4.79 Å². The summed E-state index contributed by atoms with van der Waals surface area (Å²) in [6, 6.07) is 10.5. The predicted molar refractivity (Wildman–Crippen MR) is 74.6 cm³/mol. The molecule has 0 unspecified atom stereocenters. The average Bonchev–Trinajstić information content (AvgIpc) is 2.95.